The minimum Gasteiger partial charge on any atom is -0.343 e. The summed E-state index contributed by atoms with van der Waals surface area (Å²) in [5.41, 5.74) is 2.90. The number of amides is 1. The number of carbonyl (C=O) groups is 1. The highest BCUT2D eigenvalue weighted by Gasteiger charge is 2.31. The molecule has 1 amide bonds. The Hall–Kier alpha value is -3.19. The smallest absolute Gasteiger partial charge is 0.343 e. The van der Waals surface area contributed by atoms with Crippen molar-refractivity contribution in [3.05, 3.63) is 101 Å². The highest BCUT2D eigenvalue weighted by atomic mass is 19.4. The van der Waals surface area contributed by atoms with E-state index in [1.54, 1.807) is 12.3 Å². The molecule has 2 aromatic carbocycles. The van der Waals surface area contributed by atoms with E-state index in [0.717, 1.165) is 22.9 Å². The molecular formula is C27H28F3N3O. The van der Waals surface area contributed by atoms with Crippen LogP contribution in [0.5, 0.6) is 0 Å². The van der Waals surface area contributed by atoms with Crippen molar-refractivity contribution < 1.29 is 18.0 Å². The maximum atomic E-state index is 13.2. The van der Waals surface area contributed by atoms with Crippen LogP contribution < -0.4 is 5.32 Å². The average molecular weight is 468 g/mol. The number of rotatable bonds is 6. The number of nitrogens with one attached hydrogen (secondary N) is 1. The first-order chi connectivity index (χ1) is 16.3. The van der Waals surface area contributed by atoms with Crippen molar-refractivity contribution in [1.82, 2.24) is 15.2 Å². The van der Waals surface area contributed by atoms with Crippen molar-refractivity contribution in [1.29, 1.82) is 0 Å². The number of aryl methyl sites for hydroxylation is 1. The standard InChI is InChI=1S/C27H28F3N3O/c1-19-8-10-21(11-9-19)25(24-7-2-3-14-31-24)32-26(34)22-12-15-33(16-13-22)18-20-5-4-6-23(17-20)27(28,29)30/h2-11,14,17,22,25H,12-13,15-16,18H2,1H3,(H,32,34). The quantitative estimate of drug-likeness (QED) is 0.519. The van der Waals surface area contributed by atoms with Gasteiger partial charge in [0.1, 0.15) is 0 Å². The van der Waals surface area contributed by atoms with Gasteiger partial charge in [-0.25, -0.2) is 0 Å². The molecule has 1 aromatic heterocycles. The van der Waals surface area contributed by atoms with Crippen molar-refractivity contribution in [3.8, 4) is 0 Å². The predicted molar refractivity (Wildman–Crippen MR) is 125 cm³/mol. The summed E-state index contributed by atoms with van der Waals surface area (Å²) in [6.07, 6.45) is -1.31. The van der Waals surface area contributed by atoms with E-state index in [0.29, 0.717) is 38.0 Å². The fraction of sp³-hybridized carbons (Fsp3) is 0.333. The van der Waals surface area contributed by atoms with Gasteiger partial charge in [0.15, 0.2) is 0 Å². The molecule has 1 aliphatic rings. The van der Waals surface area contributed by atoms with Crippen LogP contribution in [0.2, 0.25) is 0 Å². The van der Waals surface area contributed by atoms with E-state index in [-0.39, 0.29) is 17.9 Å². The van der Waals surface area contributed by atoms with Gasteiger partial charge in [0.25, 0.3) is 0 Å². The molecule has 4 nitrogen and oxygen atoms in total. The number of carbonyl (C=O) groups excluding carboxylic acids is 1. The van der Waals surface area contributed by atoms with Crippen LogP contribution in [0.3, 0.4) is 0 Å². The summed E-state index contributed by atoms with van der Waals surface area (Å²) >= 11 is 0. The average Bonchev–Trinajstić information content (AvgIpc) is 2.84. The molecule has 0 bridgehead atoms. The number of nitrogens with zero attached hydrogens (tertiary/aromatic N) is 2. The molecule has 1 aliphatic heterocycles. The summed E-state index contributed by atoms with van der Waals surface area (Å²) in [6.45, 7) is 3.78. The van der Waals surface area contributed by atoms with Crippen LogP contribution >= 0.6 is 0 Å². The minimum absolute atomic E-state index is 0.0186. The van der Waals surface area contributed by atoms with E-state index in [2.05, 4.69) is 15.2 Å². The van der Waals surface area contributed by atoms with E-state index < -0.39 is 11.7 Å². The lowest BCUT2D eigenvalue weighted by Gasteiger charge is -2.32. The maximum Gasteiger partial charge on any atom is 0.416 e. The van der Waals surface area contributed by atoms with Gasteiger partial charge in [-0.2, -0.15) is 13.2 Å². The van der Waals surface area contributed by atoms with Crippen LogP contribution in [-0.2, 0) is 17.5 Å². The fourth-order valence-corrected chi connectivity index (χ4v) is 4.35. The molecular weight excluding hydrogens is 439 g/mol. The monoisotopic (exact) mass is 467 g/mol. The first-order valence-corrected chi connectivity index (χ1v) is 11.5. The van der Waals surface area contributed by atoms with Crippen LogP contribution in [0.15, 0.2) is 72.9 Å². The summed E-state index contributed by atoms with van der Waals surface area (Å²) in [5, 5.41) is 3.18. The Morgan fingerprint density at radius 2 is 1.79 bits per heavy atom. The molecule has 1 atom stereocenters. The molecule has 1 fully saturated rings. The van der Waals surface area contributed by atoms with Crippen LogP contribution in [0.25, 0.3) is 0 Å². The number of hydrogen-bond donors (Lipinski definition) is 1. The molecule has 1 unspecified atom stereocenters. The third kappa shape index (κ3) is 6.03. The lowest BCUT2D eigenvalue weighted by molar-refractivity contribution is -0.137. The maximum absolute atomic E-state index is 13.2. The third-order valence-electron chi connectivity index (χ3n) is 6.30. The zero-order chi connectivity index (χ0) is 24.1. The van der Waals surface area contributed by atoms with Crippen LogP contribution in [0.1, 0.15) is 46.8 Å². The SMILES string of the molecule is Cc1ccc(C(NC(=O)C2CCN(Cc3cccc(C(F)(F)F)c3)CC2)c2ccccn2)cc1. The second kappa shape index (κ2) is 10.4. The van der Waals surface area contributed by atoms with E-state index in [4.69, 9.17) is 0 Å². The molecule has 3 aromatic rings. The fourth-order valence-electron chi connectivity index (χ4n) is 4.35. The molecule has 0 aliphatic carbocycles. The Morgan fingerprint density at radius 3 is 2.44 bits per heavy atom. The molecule has 178 valence electrons. The summed E-state index contributed by atoms with van der Waals surface area (Å²) < 4.78 is 39.0. The largest absolute Gasteiger partial charge is 0.416 e. The molecule has 0 radical (unpaired) electrons. The van der Waals surface area contributed by atoms with Gasteiger partial charge in [-0.05, 0) is 62.2 Å². The van der Waals surface area contributed by atoms with Crippen molar-refractivity contribution in [3.63, 3.8) is 0 Å². The zero-order valence-corrected chi connectivity index (χ0v) is 19.1. The number of pyridine rings is 1. The number of alkyl halides is 3. The van der Waals surface area contributed by atoms with Gasteiger partial charge in [0.05, 0.1) is 17.3 Å². The number of halogens is 3. The van der Waals surface area contributed by atoms with Gasteiger partial charge < -0.3 is 5.32 Å². The Morgan fingerprint density at radius 1 is 1.06 bits per heavy atom. The Balaban J connectivity index is 1.38. The van der Waals surface area contributed by atoms with Gasteiger partial charge in [0.2, 0.25) is 5.91 Å². The van der Waals surface area contributed by atoms with Crippen LogP contribution in [-0.4, -0.2) is 28.9 Å². The summed E-state index contributed by atoms with van der Waals surface area (Å²) in [4.78, 5) is 19.7. The van der Waals surface area contributed by atoms with Gasteiger partial charge in [-0.3, -0.25) is 14.7 Å². The molecule has 34 heavy (non-hydrogen) atoms. The lowest BCUT2D eigenvalue weighted by Crippen LogP contribution is -2.41. The van der Waals surface area contributed by atoms with Gasteiger partial charge >= 0.3 is 6.18 Å². The molecule has 2 heterocycles. The Kier molecular flexibility index (Phi) is 7.32. The molecule has 1 N–H and O–H groups in total. The van der Waals surface area contributed by atoms with Gasteiger partial charge in [-0.15, -0.1) is 0 Å². The highest BCUT2D eigenvalue weighted by molar-refractivity contribution is 5.79. The predicted octanol–water partition coefficient (Wildman–Crippen LogP) is 5.53. The second-order valence-corrected chi connectivity index (χ2v) is 8.86. The number of aromatic nitrogens is 1. The molecule has 4 rings (SSSR count). The Labute approximate surface area is 197 Å². The summed E-state index contributed by atoms with van der Waals surface area (Å²) in [6, 6.07) is 18.8. The van der Waals surface area contributed by atoms with E-state index in [9.17, 15) is 18.0 Å². The molecule has 0 spiro atoms. The minimum atomic E-state index is -4.34. The van der Waals surface area contributed by atoms with E-state index in [1.165, 1.54) is 12.1 Å². The topological polar surface area (TPSA) is 45.2 Å². The normalized spacial score (nSPS) is 16.2. The first kappa shape index (κ1) is 24.0. The van der Waals surface area contributed by atoms with Crippen LogP contribution in [0, 0.1) is 12.8 Å². The number of hydrogen-bond acceptors (Lipinski definition) is 3. The van der Waals surface area contributed by atoms with Crippen molar-refractivity contribution in [2.24, 2.45) is 5.92 Å². The second-order valence-electron chi connectivity index (χ2n) is 8.86. The van der Waals surface area contributed by atoms with Gasteiger partial charge in [0, 0.05) is 18.7 Å². The summed E-state index contributed by atoms with van der Waals surface area (Å²) in [5.74, 6) is -0.163. The van der Waals surface area contributed by atoms with Crippen molar-refractivity contribution in [2.75, 3.05) is 13.1 Å². The van der Waals surface area contributed by atoms with Gasteiger partial charge in [-0.1, -0.05) is 54.1 Å². The van der Waals surface area contributed by atoms with E-state index in [1.807, 2.05) is 49.4 Å². The molecule has 7 heteroatoms. The van der Waals surface area contributed by atoms with E-state index >= 15 is 0 Å². The van der Waals surface area contributed by atoms with Crippen molar-refractivity contribution >= 4 is 5.91 Å². The molecule has 1 saturated heterocycles. The number of benzene rings is 2. The highest BCUT2D eigenvalue weighted by Crippen LogP contribution is 2.30. The third-order valence-corrected chi connectivity index (χ3v) is 6.30. The molecule has 0 saturated carbocycles. The number of piperidine rings is 1. The summed E-state index contributed by atoms with van der Waals surface area (Å²) in [7, 11) is 0. The van der Waals surface area contributed by atoms with Crippen LogP contribution in [0.4, 0.5) is 13.2 Å². The van der Waals surface area contributed by atoms with Crippen molar-refractivity contribution in [2.45, 2.75) is 38.5 Å². The lowest BCUT2D eigenvalue weighted by atomic mass is 9.94. The zero-order valence-electron chi connectivity index (χ0n) is 19.1. The number of likely N-dealkylation sites (tertiary alicyclic amines) is 1. The first-order valence-electron chi connectivity index (χ1n) is 11.5. The Bertz CT molecular complexity index is 1090.